The molecule has 0 bridgehead atoms. The number of hydrogen-bond acceptors (Lipinski definition) is 5. The lowest BCUT2D eigenvalue weighted by Crippen LogP contribution is -2.31. The molecule has 0 heterocycles. The smallest absolute Gasteiger partial charge is 0.211 e. The Morgan fingerprint density at radius 2 is 1.92 bits per heavy atom. The predicted octanol–water partition coefficient (Wildman–Crippen LogP) is 1.52. The van der Waals surface area contributed by atoms with E-state index in [4.69, 9.17) is 9.47 Å². The molecule has 0 unspecified atom stereocenters. The molecule has 6 nitrogen and oxygen atoms in total. The monoisotopic (exact) mass is 358 g/mol. The lowest BCUT2D eigenvalue weighted by molar-refractivity contribution is 0.111. The maximum absolute atomic E-state index is 12.0. The third-order valence-corrected chi connectivity index (χ3v) is 5.19. The normalized spacial score (nSPS) is 11.8. The molecular weight excluding hydrogens is 328 g/mol. The summed E-state index contributed by atoms with van der Waals surface area (Å²) in [7, 11) is -1.70. The SMILES string of the molecule is CCN(CC)CCOCCNS(=O)(=O)CCc1cccc(OC)c1. The lowest BCUT2D eigenvalue weighted by Gasteiger charge is -2.17. The van der Waals surface area contributed by atoms with Gasteiger partial charge in [0.15, 0.2) is 0 Å². The molecular formula is C17H30N2O4S. The zero-order chi connectivity index (χ0) is 17.8. The van der Waals surface area contributed by atoms with Crippen LogP contribution in [0.4, 0.5) is 0 Å². The lowest BCUT2D eigenvalue weighted by atomic mass is 10.2. The predicted molar refractivity (Wildman–Crippen MR) is 97.1 cm³/mol. The van der Waals surface area contributed by atoms with Gasteiger partial charge in [-0.15, -0.1) is 0 Å². The van der Waals surface area contributed by atoms with Crippen LogP contribution in [-0.4, -0.2) is 65.6 Å². The topological polar surface area (TPSA) is 67.9 Å². The van der Waals surface area contributed by atoms with Crippen molar-refractivity contribution in [2.45, 2.75) is 20.3 Å². The van der Waals surface area contributed by atoms with Gasteiger partial charge in [0.25, 0.3) is 0 Å². The van der Waals surface area contributed by atoms with Crippen LogP contribution in [0.5, 0.6) is 5.75 Å². The summed E-state index contributed by atoms with van der Waals surface area (Å²) in [5.74, 6) is 0.791. The summed E-state index contributed by atoms with van der Waals surface area (Å²) >= 11 is 0. The minimum Gasteiger partial charge on any atom is -0.497 e. The molecule has 0 aliphatic carbocycles. The minimum absolute atomic E-state index is 0.0552. The number of benzene rings is 1. The molecule has 0 atom stereocenters. The molecule has 0 fully saturated rings. The molecule has 1 aromatic carbocycles. The van der Waals surface area contributed by atoms with Gasteiger partial charge in [-0.25, -0.2) is 13.1 Å². The number of nitrogens with zero attached hydrogens (tertiary/aromatic N) is 1. The first-order valence-corrected chi connectivity index (χ1v) is 10.1. The fraction of sp³-hybridized carbons (Fsp3) is 0.647. The molecule has 0 saturated carbocycles. The van der Waals surface area contributed by atoms with E-state index in [0.29, 0.717) is 26.2 Å². The summed E-state index contributed by atoms with van der Waals surface area (Å²) in [4.78, 5) is 2.26. The van der Waals surface area contributed by atoms with Gasteiger partial charge in [0.2, 0.25) is 10.0 Å². The van der Waals surface area contributed by atoms with Crippen molar-refractivity contribution >= 4 is 10.0 Å². The van der Waals surface area contributed by atoms with Crippen molar-refractivity contribution in [1.82, 2.24) is 9.62 Å². The maximum Gasteiger partial charge on any atom is 0.211 e. The molecule has 0 amide bonds. The van der Waals surface area contributed by atoms with Gasteiger partial charge < -0.3 is 14.4 Å². The van der Waals surface area contributed by atoms with Crippen LogP contribution in [0.15, 0.2) is 24.3 Å². The highest BCUT2D eigenvalue weighted by Gasteiger charge is 2.10. The highest BCUT2D eigenvalue weighted by molar-refractivity contribution is 7.89. The molecule has 0 spiro atoms. The second-order valence-electron chi connectivity index (χ2n) is 5.45. The van der Waals surface area contributed by atoms with Gasteiger partial charge in [0, 0.05) is 13.1 Å². The zero-order valence-corrected chi connectivity index (χ0v) is 15.8. The number of hydrogen-bond donors (Lipinski definition) is 1. The molecule has 1 N–H and O–H groups in total. The van der Waals surface area contributed by atoms with Crippen molar-refractivity contribution in [1.29, 1.82) is 0 Å². The maximum atomic E-state index is 12.0. The van der Waals surface area contributed by atoms with Crippen molar-refractivity contribution < 1.29 is 17.9 Å². The van der Waals surface area contributed by atoms with Crippen LogP contribution in [-0.2, 0) is 21.2 Å². The van der Waals surface area contributed by atoms with Crippen LogP contribution in [0.2, 0.25) is 0 Å². The fourth-order valence-electron chi connectivity index (χ4n) is 2.26. The number of rotatable bonds is 13. The molecule has 138 valence electrons. The molecule has 0 aliphatic heterocycles. The Morgan fingerprint density at radius 1 is 1.17 bits per heavy atom. The standard InChI is InChI=1S/C17H30N2O4S/c1-4-19(5-2)11-13-23-12-10-18-24(20,21)14-9-16-7-6-8-17(15-16)22-3/h6-8,15,18H,4-5,9-14H2,1-3H3. The number of aryl methyl sites for hydroxylation is 1. The Labute approximate surface area is 146 Å². The minimum atomic E-state index is -3.29. The Hall–Kier alpha value is -1.15. The summed E-state index contributed by atoms with van der Waals surface area (Å²) in [5, 5.41) is 0. The fourth-order valence-corrected chi connectivity index (χ4v) is 3.30. The zero-order valence-electron chi connectivity index (χ0n) is 15.0. The van der Waals surface area contributed by atoms with Crippen LogP contribution in [0, 0.1) is 0 Å². The van der Waals surface area contributed by atoms with E-state index in [-0.39, 0.29) is 5.75 Å². The van der Waals surface area contributed by atoms with Crippen molar-refractivity contribution in [3.8, 4) is 5.75 Å². The molecule has 0 radical (unpaired) electrons. The van der Waals surface area contributed by atoms with Crippen molar-refractivity contribution in [3.63, 3.8) is 0 Å². The van der Waals surface area contributed by atoms with Crippen LogP contribution >= 0.6 is 0 Å². The van der Waals surface area contributed by atoms with E-state index in [1.54, 1.807) is 7.11 Å². The molecule has 0 aromatic heterocycles. The number of methoxy groups -OCH3 is 1. The van der Waals surface area contributed by atoms with Crippen LogP contribution < -0.4 is 9.46 Å². The van der Waals surface area contributed by atoms with E-state index >= 15 is 0 Å². The molecule has 1 rings (SSSR count). The van der Waals surface area contributed by atoms with Gasteiger partial charge in [-0.2, -0.15) is 0 Å². The van der Waals surface area contributed by atoms with Gasteiger partial charge in [0.1, 0.15) is 5.75 Å². The first-order chi connectivity index (χ1) is 11.5. The van der Waals surface area contributed by atoms with Crippen molar-refractivity contribution in [2.75, 3.05) is 52.3 Å². The first-order valence-electron chi connectivity index (χ1n) is 8.41. The summed E-state index contributed by atoms with van der Waals surface area (Å²) in [5.41, 5.74) is 0.940. The number of nitrogens with one attached hydrogen (secondary N) is 1. The molecule has 1 aromatic rings. The molecule has 0 aliphatic rings. The first kappa shape index (κ1) is 20.9. The second-order valence-corrected chi connectivity index (χ2v) is 7.38. The van der Waals surface area contributed by atoms with Crippen LogP contribution in [0.25, 0.3) is 0 Å². The average Bonchev–Trinajstić information content (AvgIpc) is 2.60. The van der Waals surface area contributed by atoms with Crippen molar-refractivity contribution in [2.24, 2.45) is 0 Å². The number of sulfonamides is 1. The largest absolute Gasteiger partial charge is 0.497 e. The third kappa shape index (κ3) is 8.63. The van der Waals surface area contributed by atoms with Crippen LogP contribution in [0.3, 0.4) is 0 Å². The molecule has 7 heteroatoms. The van der Waals surface area contributed by atoms with Gasteiger partial charge >= 0.3 is 0 Å². The van der Waals surface area contributed by atoms with E-state index in [1.165, 1.54) is 0 Å². The number of ether oxygens (including phenoxy) is 2. The second kappa shape index (κ2) is 11.4. The summed E-state index contributed by atoms with van der Waals surface area (Å²) in [6, 6.07) is 7.45. The highest BCUT2D eigenvalue weighted by atomic mass is 32.2. The van der Waals surface area contributed by atoms with Gasteiger partial charge in [0.05, 0.1) is 26.1 Å². The van der Waals surface area contributed by atoms with E-state index < -0.39 is 10.0 Å². The Balaban J connectivity index is 2.22. The van der Waals surface area contributed by atoms with E-state index in [9.17, 15) is 8.42 Å². The van der Waals surface area contributed by atoms with Crippen LogP contribution in [0.1, 0.15) is 19.4 Å². The van der Waals surface area contributed by atoms with E-state index in [2.05, 4.69) is 23.5 Å². The third-order valence-electron chi connectivity index (χ3n) is 3.81. The van der Waals surface area contributed by atoms with E-state index in [0.717, 1.165) is 30.9 Å². The van der Waals surface area contributed by atoms with Crippen molar-refractivity contribution in [3.05, 3.63) is 29.8 Å². The van der Waals surface area contributed by atoms with Gasteiger partial charge in [-0.1, -0.05) is 26.0 Å². The Kier molecular flexibility index (Phi) is 9.94. The Morgan fingerprint density at radius 3 is 2.58 bits per heavy atom. The summed E-state index contributed by atoms with van der Waals surface area (Å²) in [6.07, 6.45) is 0.454. The summed E-state index contributed by atoms with van der Waals surface area (Å²) < 4.78 is 37.2. The molecule has 24 heavy (non-hydrogen) atoms. The molecule has 0 saturated heterocycles. The Bertz CT molecular complexity index is 559. The summed E-state index contributed by atoms with van der Waals surface area (Å²) in [6.45, 7) is 8.40. The number of likely N-dealkylation sites (N-methyl/N-ethyl adjacent to an activating group) is 1. The highest BCUT2D eigenvalue weighted by Crippen LogP contribution is 2.13. The quantitative estimate of drug-likeness (QED) is 0.542. The average molecular weight is 359 g/mol. The van der Waals surface area contributed by atoms with E-state index in [1.807, 2.05) is 24.3 Å². The van der Waals surface area contributed by atoms with Gasteiger partial charge in [-0.3, -0.25) is 0 Å². The van der Waals surface area contributed by atoms with Gasteiger partial charge in [-0.05, 0) is 37.2 Å².